The van der Waals surface area contributed by atoms with Crippen LogP contribution in [0.4, 0.5) is 10.5 Å². The topological polar surface area (TPSA) is 171 Å². The molecule has 0 aromatic heterocycles. The number of rotatable bonds is 8. The van der Waals surface area contributed by atoms with Gasteiger partial charge in [-0.3, -0.25) is 20.2 Å². The molecule has 3 rings (SSSR count). The van der Waals surface area contributed by atoms with E-state index in [0.717, 1.165) is 22.4 Å². The van der Waals surface area contributed by atoms with Gasteiger partial charge in [0.15, 0.2) is 0 Å². The van der Waals surface area contributed by atoms with Gasteiger partial charge in [0.1, 0.15) is 4.99 Å². The smallest absolute Gasteiger partial charge is 0.317 e. The number of hydrogen-bond acceptors (Lipinski definition) is 7. The Kier molecular flexibility index (Phi) is 7.91. The van der Waals surface area contributed by atoms with Crippen LogP contribution >= 0.6 is 12.2 Å². The number of nitrogens with two attached hydrogens (primary N) is 1. The number of carbonyl (C=O) groups excluding carboxylic acids is 2. The summed E-state index contributed by atoms with van der Waals surface area (Å²) in [7, 11) is 0. The minimum absolute atomic E-state index is 0.0778. The summed E-state index contributed by atoms with van der Waals surface area (Å²) in [6, 6.07) is 16.6. The fraction of sp³-hybridized carbons (Fsp3) is 0.167. The zero-order valence-electron chi connectivity index (χ0n) is 18.4. The number of amides is 3. The summed E-state index contributed by atoms with van der Waals surface area (Å²) in [5.41, 5.74) is 5.21. The van der Waals surface area contributed by atoms with E-state index in [0.29, 0.717) is 0 Å². The van der Waals surface area contributed by atoms with E-state index in [1.165, 1.54) is 6.07 Å². The van der Waals surface area contributed by atoms with Crippen molar-refractivity contribution in [3.63, 3.8) is 0 Å². The standard InChI is InChI=1S/C24H21N5O5S/c25-10-3-11-27-22(31)18(13-14-6-7-15-4-1-2-5-16(15)12-14)17-8-9-19(29(33)34)21(30)20(17)23(35)28-24(26)32/h1-2,4-9,12,18,30H,3,11,13H2,(H,27,31)(H3,26,28,32,35). The van der Waals surface area contributed by atoms with Gasteiger partial charge in [-0.15, -0.1) is 0 Å². The number of phenols is 1. The number of nitrogens with one attached hydrogen (secondary N) is 2. The second-order valence-corrected chi connectivity index (χ2v) is 8.02. The van der Waals surface area contributed by atoms with Crippen LogP contribution in [0.1, 0.15) is 29.0 Å². The van der Waals surface area contributed by atoms with Crippen LogP contribution in [0.5, 0.6) is 5.75 Å². The van der Waals surface area contributed by atoms with Gasteiger partial charge < -0.3 is 16.2 Å². The number of phenolic OH excluding ortho intramolecular Hbond substituents is 1. The van der Waals surface area contributed by atoms with Gasteiger partial charge in [-0.1, -0.05) is 60.7 Å². The molecular weight excluding hydrogens is 470 g/mol. The maximum atomic E-state index is 13.2. The average molecular weight is 492 g/mol. The van der Waals surface area contributed by atoms with Crippen molar-refractivity contribution in [2.45, 2.75) is 18.8 Å². The molecule has 0 fully saturated rings. The van der Waals surface area contributed by atoms with Crippen molar-refractivity contribution in [3.8, 4) is 11.8 Å². The minimum atomic E-state index is -1.03. The van der Waals surface area contributed by atoms with Gasteiger partial charge in [0.05, 0.1) is 28.9 Å². The maximum absolute atomic E-state index is 13.2. The first-order valence-corrected chi connectivity index (χ1v) is 10.9. The summed E-state index contributed by atoms with van der Waals surface area (Å²) < 4.78 is 0. The second-order valence-electron chi connectivity index (χ2n) is 7.61. The normalized spacial score (nSPS) is 11.3. The molecular formula is C24H21N5O5S. The van der Waals surface area contributed by atoms with Gasteiger partial charge in [0.25, 0.3) is 0 Å². The number of primary amides is 1. The molecule has 1 unspecified atom stereocenters. The van der Waals surface area contributed by atoms with Crippen LogP contribution in [-0.4, -0.2) is 33.5 Å². The van der Waals surface area contributed by atoms with Gasteiger partial charge in [-0.25, -0.2) is 4.79 Å². The third-order valence-electron chi connectivity index (χ3n) is 5.33. The minimum Gasteiger partial charge on any atom is -0.502 e. The van der Waals surface area contributed by atoms with E-state index in [2.05, 4.69) is 10.6 Å². The molecule has 11 heteroatoms. The number of nitro groups is 1. The molecule has 0 saturated carbocycles. The Hall–Kier alpha value is -4.56. The lowest BCUT2D eigenvalue weighted by molar-refractivity contribution is -0.385. The molecule has 0 aliphatic rings. The SMILES string of the molecule is N#CCCNC(=O)C(Cc1ccc2ccccc2c1)c1ccc([N+](=O)[O-])c(O)c1C(=S)NC(N)=O. The molecule has 1 atom stereocenters. The van der Waals surface area contributed by atoms with Crippen molar-refractivity contribution in [2.75, 3.05) is 6.54 Å². The molecule has 3 aromatic rings. The van der Waals surface area contributed by atoms with Gasteiger partial charge in [0.2, 0.25) is 11.7 Å². The van der Waals surface area contributed by atoms with Crippen molar-refractivity contribution in [1.29, 1.82) is 5.26 Å². The van der Waals surface area contributed by atoms with Crippen LogP contribution < -0.4 is 16.4 Å². The van der Waals surface area contributed by atoms with E-state index in [1.807, 2.05) is 48.5 Å². The molecule has 0 saturated heterocycles. The first-order valence-electron chi connectivity index (χ1n) is 10.5. The lowest BCUT2D eigenvalue weighted by Gasteiger charge is -2.21. The molecule has 3 aromatic carbocycles. The third-order valence-corrected chi connectivity index (χ3v) is 5.64. The molecule has 35 heavy (non-hydrogen) atoms. The highest BCUT2D eigenvalue weighted by molar-refractivity contribution is 7.80. The third kappa shape index (κ3) is 5.87. The predicted molar refractivity (Wildman–Crippen MR) is 133 cm³/mol. The number of carbonyl (C=O) groups is 2. The summed E-state index contributed by atoms with van der Waals surface area (Å²) in [6.07, 6.45) is 0.223. The number of benzene rings is 3. The number of aromatic hydroxyl groups is 1. The zero-order chi connectivity index (χ0) is 25.5. The van der Waals surface area contributed by atoms with E-state index >= 15 is 0 Å². The Balaban J connectivity index is 2.13. The van der Waals surface area contributed by atoms with E-state index in [-0.39, 0.29) is 35.5 Å². The summed E-state index contributed by atoms with van der Waals surface area (Å²) in [5, 5.41) is 37.7. The van der Waals surface area contributed by atoms with E-state index in [9.17, 15) is 24.8 Å². The van der Waals surface area contributed by atoms with Crippen LogP contribution in [0.2, 0.25) is 0 Å². The monoisotopic (exact) mass is 491 g/mol. The molecule has 0 heterocycles. The van der Waals surface area contributed by atoms with Gasteiger partial charge in [-0.05, 0) is 28.3 Å². The van der Waals surface area contributed by atoms with E-state index in [1.54, 1.807) is 0 Å². The van der Waals surface area contributed by atoms with Crippen molar-refractivity contribution in [1.82, 2.24) is 10.6 Å². The zero-order valence-corrected chi connectivity index (χ0v) is 19.2. The van der Waals surface area contributed by atoms with Crippen LogP contribution in [0.15, 0.2) is 54.6 Å². The Labute approximate surface area is 205 Å². The number of fused-ring (bicyclic) bond motifs is 1. The van der Waals surface area contributed by atoms with E-state index in [4.69, 9.17) is 23.2 Å². The van der Waals surface area contributed by atoms with Crippen LogP contribution in [0.3, 0.4) is 0 Å². The van der Waals surface area contributed by atoms with Gasteiger partial charge >= 0.3 is 11.7 Å². The first-order chi connectivity index (χ1) is 16.7. The molecule has 0 aliphatic heterocycles. The van der Waals surface area contributed by atoms with Crippen molar-refractivity contribution in [3.05, 3.63) is 81.4 Å². The molecule has 3 amide bonds. The van der Waals surface area contributed by atoms with Crippen LogP contribution in [0.25, 0.3) is 10.8 Å². The Bertz CT molecular complexity index is 1370. The fourth-order valence-corrected chi connectivity index (χ4v) is 4.07. The summed E-state index contributed by atoms with van der Waals surface area (Å²) in [5.74, 6) is -2.24. The van der Waals surface area contributed by atoms with Crippen molar-refractivity contribution in [2.24, 2.45) is 5.73 Å². The number of nitriles is 1. The predicted octanol–water partition coefficient (Wildman–Crippen LogP) is 3.15. The summed E-state index contributed by atoms with van der Waals surface area (Å²) in [6.45, 7) is 0.0852. The molecule has 0 bridgehead atoms. The van der Waals surface area contributed by atoms with Crippen LogP contribution in [-0.2, 0) is 11.2 Å². The maximum Gasteiger partial charge on any atom is 0.317 e. The van der Waals surface area contributed by atoms with Gasteiger partial charge in [-0.2, -0.15) is 5.26 Å². The largest absolute Gasteiger partial charge is 0.502 e. The molecule has 178 valence electrons. The van der Waals surface area contributed by atoms with Crippen LogP contribution in [0, 0.1) is 21.4 Å². The second kappa shape index (κ2) is 11.0. The average Bonchev–Trinajstić information content (AvgIpc) is 2.81. The quantitative estimate of drug-likeness (QED) is 0.162. The molecule has 0 aliphatic carbocycles. The molecule has 0 radical (unpaired) electrons. The lowest BCUT2D eigenvalue weighted by Crippen LogP contribution is -2.36. The molecule has 10 nitrogen and oxygen atoms in total. The van der Waals surface area contributed by atoms with Crippen molar-refractivity contribution < 1.29 is 19.6 Å². The van der Waals surface area contributed by atoms with Crippen molar-refractivity contribution >= 4 is 45.6 Å². The number of urea groups is 1. The molecule has 0 spiro atoms. The summed E-state index contributed by atoms with van der Waals surface area (Å²) in [4.78, 5) is 34.9. The lowest BCUT2D eigenvalue weighted by atomic mass is 9.86. The Morgan fingerprint density at radius 1 is 1.17 bits per heavy atom. The highest BCUT2D eigenvalue weighted by Crippen LogP contribution is 2.37. The number of thiocarbonyl (C=S) groups is 1. The number of nitro benzene ring substituents is 1. The van der Waals surface area contributed by atoms with E-state index < -0.39 is 34.2 Å². The number of nitrogens with zero attached hydrogens (tertiary/aromatic N) is 2. The molecule has 5 N–H and O–H groups in total. The Morgan fingerprint density at radius 3 is 2.54 bits per heavy atom. The summed E-state index contributed by atoms with van der Waals surface area (Å²) >= 11 is 5.19. The highest BCUT2D eigenvalue weighted by Gasteiger charge is 2.31. The number of hydrogen-bond donors (Lipinski definition) is 4. The Morgan fingerprint density at radius 2 is 1.89 bits per heavy atom. The van der Waals surface area contributed by atoms with Gasteiger partial charge in [0, 0.05) is 12.6 Å². The fourth-order valence-electron chi connectivity index (χ4n) is 3.76. The first kappa shape index (κ1) is 25.1. The highest BCUT2D eigenvalue weighted by atomic mass is 32.1.